The number of rotatable bonds is 4. The average Bonchev–Trinajstić information content (AvgIpc) is 3.10. The minimum Gasteiger partial charge on any atom is -0.379 e. The van der Waals surface area contributed by atoms with Gasteiger partial charge in [-0.05, 0) is 12.5 Å². The number of benzene rings is 1. The van der Waals surface area contributed by atoms with Crippen LogP contribution in [0.15, 0.2) is 30.3 Å². The summed E-state index contributed by atoms with van der Waals surface area (Å²) in [7, 11) is 0. The fourth-order valence-corrected chi connectivity index (χ4v) is 2.06. The first-order valence-corrected chi connectivity index (χ1v) is 6.39. The number of hydrogen-bond donors (Lipinski definition) is 2. The lowest BCUT2D eigenvalue weighted by Gasteiger charge is -2.26. The van der Waals surface area contributed by atoms with Gasteiger partial charge in [-0.3, -0.25) is 4.79 Å². The van der Waals surface area contributed by atoms with Crippen molar-refractivity contribution in [2.75, 3.05) is 6.54 Å². The van der Waals surface area contributed by atoms with Crippen molar-refractivity contribution in [3.8, 4) is 0 Å². The summed E-state index contributed by atoms with van der Waals surface area (Å²) < 4.78 is 51.8. The standard InChI is InChI=1S/C14H15F4NO2/c1-12(21,14(16,17)18)8-19-11(20)10-7-13(10,15)9-5-3-2-4-6-9/h2-6,10,21H,7-8H2,1H3,(H,19,20)/t10-,12+,13+/m1/s1. The normalized spacial score (nSPS) is 27.8. The van der Waals surface area contributed by atoms with Gasteiger partial charge in [-0.15, -0.1) is 0 Å². The molecule has 0 aromatic heterocycles. The zero-order valence-corrected chi connectivity index (χ0v) is 11.2. The zero-order valence-electron chi connectivity index (χ0n) is 11.2. The third-order valence-electron chi connectivity index (χ3n) is 3.68. The highest BCUT2D eigenvalue weighted by Gasteiger charge is 2.61. The van der Waals surface area contributed by atoms with E-state index in [0.717, 1.165) is 0 Å². The monoisotopic (exact) mass is 305 g/mol. The van der Waals surface area contributed by atoms with Crippen molar-refractivity contribution in [3.05, 3.63) is 35.9 Å². The Kier molecular flexibility index (Phi) is 3.73. The van der Waals surface area contributed by atoms with E-state index < -0.39 is 35.8 Å². The van der Waals surface area contributed by atoms with Crippen molar-refractivity contribution >= 4 is 5.91 Å². The molecule has 1 amide bonds. The largest absolute Gasteiger partial charge is 0.418 e. The molecular formula is C14H15F4NO2. The molecule has 0 radical (unpaired) electrons. The maximum atomic E-state index is 14.5. The fraction of sp³-hybridized carbons (Fsp3) is 0.500. The van der Waals surface area contributed by atoms with Crippen LogP contribution < -0.4 is 5.32 Å². The predicted octanol–water partition coefficient (Wildman–Crippen LogP) is 2.30. The molecule has 0 bridgehead atoms. The van der Waals surface area contributed by atoms with E-state index in [9.17, 15) is 27.5 Å². The molecule has 1 fully saturated rings. The third kappa shape index (κ3) is 3.02. The van der Waals surface area contributed by atoms with Gasteiger partial charge in [0.25, 0.3) is 0 Å². The maximum Gasteiger partial charge on any atom is 0.418 e. The lowest BCUT2D eigenvalue weighted by atomic mass is 10.1. The maximum absolute atomic E-state index is 14.5. The SMILES string of the molecule is C[C@](O)(CNC(=O)[C@H]1C[C@]1(F)c1ccccc1)C(F)(F)F. The molecule has 2 N–H and O–H groups in total. The van der Waals surface area contributed by atoms with Gasteiger partial charge in [-0.25, -0.2) is 4.39 Å². The van der Waals surface area contributed by atoms with E-state index in [1.54, 1.807) is 18.2 Å². The van der Waals surface area contributed by atoms with Crippen LogP contribution in [-0.2, 0) is 10.5 Å². The fourth-order valence-electron chi connectivity index (χ4n) is 2.06. The second-order valence-corrected chi connectivity index (χ2v) is 5.47. The smallest absolute Gasteiger partial charge is 0.379 e. The number of halogens is 4. The highest BCUT2D eigenvalue weighted by molar-refractivity contribution is 5.83. The van der Waals surface area contributed by atoms with E-state index in [1.165, 1.54) is 12.1 Å². The van der Waals surface area contributed by atoms with Gasteiger partial charge in [0, 0.05) is 6.42 Å². The van der Waals surface area contributed by atoms with Gasteiger partial charge >= 0.3 is 6.18 Å². The minimum absolute atomic E-state index is 0.0724. The molecule has 1 aliphatic carbocycles. The third-order valence-corrected chi connectivity index (χ3v) is 3.68. The quantitative estimate of drug-likeness (QED) is 0.839. The van der Waals surface area contributed by atoms with Crippen LogP contribution >= 0.6 is 0 Å². The first-order chi connectivity index (χ1) is 9.58. The Balaban J connectivity index is 1.96. The highest BCUT2D eigenvalue weighted by Crippen LogP contribution is 2.55. The number of amides is 1. The van der Waals surface area contributed by atoms with Crippen molar-refractivity contribution in [1.82, 2.24) is 5.32 Å². The molecule has 7 heteroatoms. The van der Waals surface area contributed by atoms with E-state index >= 15 is 0 Å². The van der Waals surface area contributed by atoms with Crippen molar-refractivity contribution in [2.24, 2.45) is 5.92 Å². The number of alkyl halides is 4. The van der Waals surface area contributed by atoms with Gasteiger partial charge in [0.2, 0.25) is 5.91 Å². The first kappa shape index (κ1) is 15.8. The van der Waals surface area contributed by atoms with E-state index in [-0.39, 0.29) is 6.42 Å². The number of nitrogens with one attached hydrogen (secondary N) is 1. The number of carbonyl (C=O) groups excluding carboxylic acids is 1. The Morgan fingerprint density at radius 2 is 1.95 bits per heavy atom. The summed E-state index contributed by atoms with van der Waals surface area (Å²) in [5.41, 5.74) is -4.55. The van der Waals surface area contributed by atoms with Crippen LogP contribution in [0.25, 0.3) is 0 Å². The van der Waals surface area contributed by atoms with Crippen LogP contribution in [0.4, 0.5) is 17.6 Å². The van der Waals surface area contributed by atoms with Crippen LogP contribution in [0.2, 0.25) is 0 Å². The molecule has 21 heavy (non-hydrogen) atoms. The Hall–Kier alpha value is -1.63. The summed E-state index contributed by atoms with van der Waals surface area (Å²) in [6, 6.07) is 8.00. The number of hydrogen-bond acceptors (Lipinski definition) is 2. The summed E-state index contributed by atoms with van der Waals surface area (Å²) in [6.45, 7) is -0.448. The molecule has 1 aromatic rings. The topological polar surface area (TPSA) is 49.3 Å². The summed E-state index contributed by atoms with van der Waals surface area (Å²) >= 11 is 0. The van der Waals surface area contributed by atoms with Gasteiger partial charge in [0.05, 0.1) is 12.5 Å². The molecule has 0 heterocycles. The van der Waals surface area contributed by atoms with Crippen LogP contribution in [0, 0.1) is 5.92 Å². The molecule has 0 spiro atoms. The molecule has 1 aromatic carbocycles. The molecule has 3 nitrogen and oxygen atoms in total. The first-order valence-electron chi connectivity index (χ1n) is 6.39. The van der Waals surface area contributed by atoms with Gasteiger partial charge < -0.3 is 10.4 Å². The van der Waals surface area contributed by atoms with E-state index in [2.05, 4.69) is 0 Å². The van der Waals surface area contributed by atoms with Gasteiger partial charge in [0.15, 0.2) is 5.60 Å². The molecule has 116 valence electrons. The lowest BCUT2D eigenvalue weighted by molar-refractivity contribution is -0.250. The second-order valence-electron chi connectivity index (χ2n) is 5.47. The van der Waals surface area contributed by atoms with Crippen LogP contribution in [0.3, 0.4) is 0 Å². The molecule has 0 saturated heterocycles. The Bertz CT molecular complexity index is 530. The molecular weight excluding hydrogens is 290 g/mol. The Morgan fingerprint density at radius 3 is 2.48 bits per heavy atom. The number of aliphatic hydroxyl groups is 1. The van der Waals surface area contributed by atoms with Gasteiger partial charge in [-0.1, -0.05) is 30.3 Å². The van der Waals surface area contributed by atoms with Crippen molar-refractivity contribution in [1.29, 1.82) is 0 Å². The molecule has 2 rings (SSSR count). The van der Waals surface area contributed by atoms with Crippen molar-refractivity contribution < 1.29 is 27.5 Å². The minimum atomic E-state index is -4.87. The summed E-state index contributed by atoms with van der Waals surface area (Å²) in [5.74, 6) is -1.85. The van der Waals surface area contributed by atoms with Crippen LogP contribution in [-0.4, -0.2) is 29.3 Å². The highest BCUT2D eigenvalue weighted by atomic mass is 19.4. The van der Waals surface area contributed by atoms with E-state index in [4.69, 9.17) is 0 Å². The van der Waals surface area contributed by atoms with Gasteiger partial charge in [0.1, 0.15) is 5.67 Å². The summed E-state index contributed by atoms with van der Waals surface area (Å²) in [6.07, 6.45) is -4.94. The van der Waals surface area contributed by atoms with E-state index in [1.807, 2.05) is 5.32 Å². The van der Waals surface area contributed by atoms with Crippen molar-refractivity contribution in [2.45, 2.75) is 30.8 Å². The van der Waals surface area contributed by atoms with E-state index in [0.29, 0.717) is 12.5 Å². The van der Waals surface area contributed by atoms with Crippen LogP contribution in [0.5, 0.6) is 0 Å². The van der Waals surface area contributed by atoms with Crippen molar-refractivity contribution in [3.63, 3.8) is 0 Å². The lowest BCUT2D eigenvalue weighted by Crippen LogP contribution is -2.51. The molecule has 3 atom stereocenters. The molecule has 1 aliphatic rings. The second kappa shape index (κ2) is 4.98. The predicted molar refractivity (Wildman–Crippen MR) is 67.0 cm³/mol. The molecule has 1 saturated carbocycles. The van der Waals surface area contributed by atoms with Crippen LogP contribution in [0.1, 0.15) is 18.9 Å². The Morgan fingerprint density at radius 1 is 1.38 bits per heavy atom. The zero-order chi connectivity index (χ0) is 15.9. The average molecular weight is 305 g/mol. The molecule has 0 unspecified atom stereocenters. The van der Waals surface area contributed by atoms with Gasteiger partial charge in [-0.2, -0.15) is 13.2 Å². The summed E-state index contributed by atoms with van der Waals surface area (Å²) in [5, 5.41) is 11.2. The number of carbonyl (C=O) groups is 1. The summed E-state index contributed by atoms with van der Waals surface area (Å²) in [4.78, 5) is 11.7. The Labute approximate surface area is 119 Å². The molecule has 0 aliphatic heterocycles.